The van der Waals surface area contributed by atoms with Crippen LogP contribution in [0.5, 0.6) is 5.75 Å². The highest BCUT2D eigenvalue weighted by Gasteiger charge is 2.13. The Hall–Kier alpha value is -2.54. The van der Waals surface area contributed by atoms with E-state index in [9.17, 15) is 0 Å². The second-order valence-corrected chi connectivity index (χ2v) is 4.91. The van der Waals surface area contributed by atoms with Crippen molar-refractivity contribution in [2.45, 2.75) is 0 Å². The van der Waals surface area contributed by atoms with Crippen molar-refractivity contribution in [2.24, 2.45) is 0 Å². The van der Waals surface area contributed by atoms with Gasteiger partial charge in [0.2, 0.25) is 5.95 Å². The summed E-state index contributed by atoms with van der Waals surface area (Å²) in [6.07, 6.45) is 1.61. The van der Waals surface area contributed by atoms with E-state index in [1.807, 2.05) is 12.1 Å². The summed E-state index contributed by atoms with van der Waals surface area (Å²) in [7, 11) is 1.65. The molecule has 0 saturated carbocycles. The molecule has 7 heteroatoms. The van der Waals surface area contributed by atoms with Crippen LogP contribution in [0.15, 0.2) is 30.5 Å². The number of nitrogens with zero attached hydrogens (tertiary/aromatic N) is 3. The average Bonchev–Trinajstić information content (AvgIpc) is 2.56. The zero-order chi connectivity index (χ0) is 15.4. The SMILES string of the molecule is COc1cc(N2CCOCC2)ccc1Nc1ccnc(N)n1. The number of nitrogen functional groups attached to an aromatic ring is 1. The van der Waals surface area contributed by atoms with Crippen LogP contribution in [0.1, 0.15) is 0 Å². The number of nitrogens with one attached hydrogen (secondary N) is 1. The predicted molar refractivity (Wildman–Crippen MR) is 85.8 cm³/mol. The maximum absolute atomic E-state index is 5.59. The molecule has 1 saturated heterocycles. The van der Waals surface area contributed by atoms with Gasteiger partial charge in [0.1, 0.15) is 11.6 Å². The van der Waals surface area contributed by atoms with E-state index in [1.54, 1.807) is 19.4 Å². The third kappa shape index (κ3) is 3.20. The number of methoxy groups -OCH3 is 1. The first kappa shape index (κ1) is 14.4. The summed E-state index contributed by atoms with van der Waals surface area (Å²) >= 11 is 0. The van der Waals surface area contributed by atoms with E-state index in [0.717, 1.165) is 43.4 Å². The van der Waals surface area contributed by atoms with E-state index >= 15 is 0 Å². The Balaban J connectivity index is 1.82. The first-order valence-corrected chi connectivity index (χ1v) is 7.12. The topological polar surface area (TPSA) is 85.5 Å². The molecule has 1 aromatic heterocycles. The Labute approximate surface area is 129 Å². The van der Waals surface area contributed by atoms with Crippen LogP contribution in [0.4, 0.5) is 23.1 Å². The molecule has 7 nitrogen and oxygen atoms in total. The molecule has 2 heterocycles. The molecule has 116 valence electrons. The maximum atomic E-state index is 5.59. The molecule has 2 aromatic rings. The Morgan fingerprint density at radius 1 is 1.27 bits per heavy atom. The highest BCUT2D eigenvalue weighted by atomic mass is 16.5. The Kier molecular flexibility index (Phi) is 4.24. The third-order valence-electron chi connectivity index (χ3n) is 3.50. The molecule has 1 aliphatic heterocycles. The van der Waals surface area contributed by atoms with Crippen molar-refractivity contribution in [3.05, 3.63) is 30.5 Å². The van der Waals surface area contributed by atoms with Gasteiger partial charge in [0.15, 0.2) is 0 Å². The van der Waals surface area contributed by atoms with Crippen molar-refractivity contribution in [1.82, 2.24) is 9.97 Å². The van der Waals surface area contributed by atoms with Crippen LogP contribution in [-0.4, -0.2) is 43.4 Å². The highest BCUT2D eigenvalue weighted by Crippen LogP contribution is 2.31. The van der Waals surface area contributed by atoms with Gasteiger partial charge in [-0.3, -0.25) is 0 Å². The summed E-state index contributed by atoms with van der Waals surface area (Å²) in [6.45, 7) is 3.28. The number of aromatic nitrogens is 2. The van der Waals surface area contributed by atoms with Crippen LogP contribution in [0.2, 0.25) is 0 Å². The van der Waals surface area contributed by atoms with Gasteiger partial charge in [-0.05, 0) is 18.2 Å². The fourth-order valence-electron chi connectivity index (χ4n) is 2.38. The summed E-state index contributed by atoms with van der Waals surface area (Å²) in [5.74, 6) is 1.61. The first-order chi connectivity index (χ1) is 10.8. The molecule has 3 N–H and O–H groups in total. The number of rotatable bonds is 4. The van der Waals surface area contributed by atoms with Crippen molar-refractivity contribution in [3.8, 4) is 5.75 Å². The number of hydrogen-bond donors (Lipinski definition) is 2. The van der Waals surface area contributed by atoms with Crippen molar-refractivity contribution in [3.63, 3.8) is 0 Å². The standard InChI is InChI=1S/C15H19N5O2/c1-21-13-10-11(20-6-8-22-9-7-20)2-3-12(13)18-14-4-5-17-15(16)19-14/h2-5,10H,6-9H2,1H3,(H3,16,17,18,19). The molecule has 0 amide bonds. The molecule has 0 radical (unpaired) electrons. The van der Waals surface area contributed by atoms with Gasteiger partial charge in [-0.15, -0.1) is 0 Å². The van der Waals surface area contributed by atoms with Gasteiger partial charge in [0.25, 0.3) is 0 Å². The lowest BCUT2D eigenvalue weighted by Crippen LogP contribution is -2.36. The molecule has 3 rings (SSSR count). The molecule has 0 unspecified atom stereocenters. The number of hydrogen-bond acceptors (Lipinski definition) is 7. The van der Waals surface area contributed by atoms with E-state index in [-0.39, 0.29) is 5.95 Å². The van der Waals surface area contributed by atoms with Gasteiger partial charge >= 0.3 is 0 Å². The molecule has 1 fully saturated rings. The van der Waals surface area contributed by atoms with Crippen molar-refractivity contribution >= 4 is 23.1 Å². The third-order valence-corrected chi connectivity index (χ3v) is 3.50. The minimum Gasteiger partial charge on any atom is -0.494 e. The average molecular weight is 301 g/mol. The summed E-state index contributed by atoms with van der Waals surface area (Å²) in [5, 5.41) is 3.20. The second kappa shape index (κ2) is 6.48. The zero-order valence-corrected chi connectivity index (χ0v) is 12.5. The molecule has 0 spiro atoms. The smallest absolute Gasteiger partial charge is 0.221 e. The van der Waals surface area contributed by atoms with E-state index in [1.165, 1.54) is 0 Å². The first-order valence-electron chi connectivity index (χ1n) is 7.12. The van der Waals surface area contributed by atoms with Gasteiger partial charge in [-0.2, -0.15) is 4.98 Å². The second-order valence-electron chi connectivity index (χ2n) is 4.91. The van der Waals surface area contributed by atoms with E-state index < -0.39 is 0 Å². The molecule has 22 heavy (non-hydrogen) atoms. The van der Waals surface area contributed by atoms with Gasteiger partial charge in [-0.25, -0.2) is 4.98 Å². The maximum Gasteiger partial charge on any atom is 0.221 e. The minimum absolute atomic E-state index is 0.230. The summed E-state index contributed by atoms with van der Waals surface area (Å²) in [4.78, 5) is 10.3. The number of anilines is 4. The lowest BCUT2D eigenvalue weighted by Gasteiger charge is -2.29. The van der Waals surface area contributed by atoms with Crippen LogP contribution in [0, 0.1) is 0 Å². The Morgan fingerprint density at radius 3 is 2.82 bits per heavy atom. The fraction of sp³-hybridized carbons (Fsp3) is 0.333. The molecule has 0 bridgehead atoms. The van der Waals surface area contributed by atoms with Crippen LogP contribution in [0.25, 0.3) is 0 Å². The molecular weight excluding hydrogens is 282 g/mol. The molecule has 0 atom stereocenters. The predicted octanol–water partition coefficient (Wildman–Crippen LogP) is 1.65. The highest BCUT2D eigenvalue weighted by molar-refractivity contribution is 5.69. The van der Waals surface area contributed by atoms with Gasteiger partial charge < -0.3 is 25.4 Å². The lowest BCUT2D eigenvalue weighted by molar-refractivity contribution is 0.122. The van der Waals surface area contributed by atoms with Gasteiger partial charge in [0.05, 0.1) is 26.0 Å². The van der Waals surface area contributed by atoms with E-state index in [4.69, 9.17) is 15.2 Å². The number of morpholine rings is 1. The number of ether oxygens (including phenoxy) is 2. The molecule has 1 aromatic carbocycles. The lowest BCUT2D eigenvalue weighted by atomic mass is 10.2. The zero-order valence-electron chi connectivity index (χ0n) is 12.5. The van der Waals surface area contributed by atoms with Gasteiger partial charge in [0, 0.05) is 31.0 Å². The monoisotopic (exact) mass is 301 g/mol. The van der Waals surface area contributed by atoms with Gasteiger partial charge in [-0.1, -0.05) is 0 Å². The van der Waals surface area contributed by atoms with Crippen molar-refractivity contribution in [2.75, 3.05) is 49.4 Å². The Morgan fingerprint density at radius 2 is 2.09 bits per heavy atom. The molecule has 0 aliphatic carbocycles. The van der Waals surface area contributed by atoms with E-state index in [0.29, 0.717) is 5.82 Å². The number of nitrogens with two attached hydrogens (primary N) is 1. The summed E-state index contributed by atoms with van der Waals surface area (Å²) in [5.41, 5.74) is 7.54. The van der Waals surface area contributed by atoms with Crippen molar-refractivity contribution in [1.29, 1.82) is 0 Å². The Bertz CT molecular complexity index is 644. The molecular formula is C15H19N5O2. The van der Waals surface area contributed by atoms with Crippen LogP contribution in [-0.2, 0) is 4.74 Å². The summed E-state index contributed by atoms with van der Waals surface area (Å²) < 4.78 is 10.9. The fourth-order valence-corrected chi connectivity index (χ4v) is 2.38. The van der Waals surface area contributed by atoms with Crippen LogP contribution < -0.4 is 20.7 Å². The largest absolute Gasteiger partial charge is 0.494 e. The van der Waals surface area contributed by atoms with E-state index in [2.05, 4.69) is 26.3 Å². The normalized spacial score (nSPS) is 14.7. The number of benzene rings is 1. The quantitative estimate of drug-likeness (QED) is 0.888. The summed E-state index contributed by atoms with van der Waals surface area (Å²) in [6, 6.07) is 7.80. The van der Waals surface area contributed by atoms with Crippen LogP contribution >= 0.6 is 0 Å². The van der Waals surface area contributed by atoms with Crippen molar-refractivity contribution < 1.29 is 9.47 Å². The molecule has 1 aliphatic rings. The minimum atomic E-state index is 0.230. The van der Waals surface area contributed by atoms with Crippen LogP contribution in [0.3, 0.4) is 0 Å².